The van der Waals surface area contributed by atoms with E-state index >= 15 is 0 Å². The van der Waals surface area contributed by atoms with E-state index in [4.69, 9.17) is 14.2 Å². The van der Waals surface area contributed by atoms with Crippen molar-refractivity contribution in [2.45, 2.75) is 65.0 Å². The molecule has 0 radical (unpaired) electrons. The van der Waals surface area contributed by atoms with Crippen molar-refractivity contribution in [3.05, 3.63) is 30.3 Å². The number of carbonyl (C=O) groups is 3. The van der Waals surface area contributed by atoms with Crippen LogP contribution in [-0.4, -0.2) is 85.1 Å². The lowest BCUT2D eigenvalue weighted by atomic mass is 9.66. The molecule has 0 spiro atoms. The van der Waals surface area contributed by atoms with E-state index < -0.39 is 53.6 Å². The Morgan fingerprint density at radius 1 is 1.05 bits per heavy atom. The Morgan fingerprint density at radius 3 is 2.34 bits per heavy atom. The van der Waals surface area contributed by atoms with E-state index in [1.165, 1.54) is 19.5 Å². The first-order valence-electron chi connectivity index (χ1n) is 13.8. The molecule has 2 saturated heterocycles. The number of rotatable bonds is 5. The summed E-state index contributed by atoms with van der Waals surface area (Å²) in [7, 11) is 0. The predicted molar refractivity (Wildman–Crippen MR) is 139 cm³/mol. The third-order valence-corrected chi connectivity index (χ3v) is 9.52. The molecule has 2 aliphatic carbocycles. The third kappa shape index (κ3) is 4.79. The molecule has 9 heteroatoms. The molecular formula is C29H40N2O7. The Kier molecular flexibility index (Phi) is 7.44. The Bertz CT molecular complexity index is 1040. The summed E-state index contributed by atoms with van der Waals surface area (Å²) in [6, 6.07) is 10.3. The Labute approximate surface area is 224 Å². The molecule has 38 heavy (non-hydrogen) atoms. The van der Waals surface area contributed by atoms with Crippen LogP contribution in [0.4, 0.5) is 5.69 Å². The van der Waals surface area contributed by atoms with Crippen molar-refractivity contribution < 1.29 is 33.7 Å². The molecule has 1 aromatic rings. The quantitative estimate of drug-likeness (QED) is 0.455. The predicted octanol–water partition coefficient (Wildman–Crippen LogP) is 2.26. The highest BCUT2D eigenvalue weighted by Crippen LogP contribution is 2.59. The van der Waals surface area contributed by atoms with Crippen LogP contribution in [0.25, 0.3) is 0 Å². The Balaban J connectivity index is 1.37. The average Bonchev–Trinajstić information content (AvgIpc) is 3.28. The molecule has 0 amide bonds. The van der Waals surface area contributed by atoms with Crippen LogP contribution >= 0.6 is 0 Å². The van der Waals surface area contributed by atoms with Crippen molar-refractivity contribution in [2.75, 3.05) is 37.6 Å². The summed E-state index contributed by atoms with van der Waals surface area (Å²) in [5.41, 5.74) is 0.308. The lowest BCUT2D eigenvalue weighted by Crippen LogP contribution is -2.53. The number of nitrogens with zero attached hydrogens (tertiary/aromatic N) is 2. The minimum atomic E-state index is -0.964. The second kappa shape index (κ2) is 10.5. The van der Waals surface area contributed by atoms with E-state index in [0.29, 0.717) is 19.4 Å². The number of piperazine rings is 1. The van der Waals surface area contributed by atoms with E-state index in [-0.39, 0.29) is 17.8 Å². The number of aliphatic hydroxyl groups is 1. The zero-order chi connectivity index (χ0) is 27.2. The van der Waals surface area contributed by atoms with Gasteiger partial charge in [0.2, 0.25) is 0 Å². The largest absolute Gasteiger partial charge is 0.462 e. The van der Waals surface area contributed by atoms with Gasteiger partial charge in [0.1, 0.15) is 18.3 Å². The molecule has 5 rings (SSSR count). The fourth-order valence-corrected chi connectivity index (χ4v) is 7.89. The van der Waals surface area contributed by atoms with E-state index in [0.717, 1.165) is 26.2 Å². The van der Waals surface area contributed by atoms with Gasteiger partial charge >= 0.3 is 17.9 Å². The number of para-hydroxylation sites is 1. The minimum Gasteiger partial charge on any atom is -0.462 e. The summed E-state index contributed by atoms with van der Waals surface area (Å²) in [6.45, 7) is 10.6. The van der Waals surface area contributed by atoms with Crippen LogP contribution in [0.15, 0.2) is 30.3 Å². The van der Waals surface area contributed by atoms with E-state index in [1.54, 1.807) is 0 Å². The van der Waals surface area contributed by atoms with Crippen LogP contribution in [0.3, 0.4) is 0 Å². The summed E-state index contributed by atoms with van der Waals surface area (Å²) >= 11 is 0. The number of hydrogen-bond donors (Lipinski definition) is 1. The molecule has 2 heterocycles. The average molecular weight is 529 g/mol. The molecule has 4 aliphatic rings. The molecule has 4 fully saturated rings. The van der Waals surface area contributed by atoms with Gasteiger partial charge in [-0.05, 0) is 24.5 Å². The van der Waals surface area contributed by atoms with Gasteiger partial charge in [-0.3, -0.25) is 19.3 Å². The molecule has 0 aromatic heterocycles. The van der Waals surface area contributed by atoms with Gasteiger partial charge in [0.25, 0.3) is 0 Å². The number of ether oxygens (including phenoxy) is 3. The van der Waals surface area contributed by atoms with E-state index in [2.05, 4.69) is 28.9 Å². The number of anilines is 1. The van der Waals surface area contributed by atoms with Crippen molar-refractivity contribution in [3.63, 3.8) is 0 Å². The van der Waals surface area contributed by atoms with Gasteiger partial charge in [0.05, 0.1) is 12.0 Å². The maximum Gasteiger partial charge on any atom is 0.311 e. The standard InChI is InChI=1S/C29H40N2O7/c1-17-14-22-25(27(34)29(4)24(37-19(3)33)15-23(26(17)29)36-18(2)32)21(28(35)38-22)16-30-10-12-31(13-11-30)20-8-6-5-7-9-20/h5-9,17,21-27,34H,10-16H2,1-4H3/t17-,21-,22+,23-,24-,25+,26+,27-,29-/m0/s1. The molecule has 1 N–H and O–H groups in total. The fraction of sp³-hybridized carbons (Fsp3) is 0.690. The molecule has 208 valence electrons. The molecular weight excluding hydrogens is 488 g/mol. The van der Waals surface area contributed by atoms with Crippen LogP contribution in [-0.2, 0) is 28.6 Å². The lowest BCUT2D eigenvalue weighted by Gasteiger charge is -2.44. The van der Waals surface area contributed by atoms with Crippen molar-refractivity contribution in [2.24, 2.45) is 29.1 Å². The van der Waals surface area contributed by atoms with Gasteiger partial charge in [0, 0.05) is 75.9 Å². The summed E-state index contributed by atoms with van der Waals surface area (Å²) < 4.78 is 17.4. The van der Waals surface area contributed by atoms with Crippen LogP contribution < -0.4 is 4.90 Å². The second-order valence-electron chi connectivity index (χ2n) is 11.8. The maximum absolute atomic E-state index is 13.2. The van der Waals surface area contributed by atoms with Crippen LogP contribution in [0.5, 0.6) is 0 Å². The van der Waals surface area contributed by atoms with Gasteiger partial charge in [-0.15, -0.1) is 0 Å². The van der Waals surface area contributed by atoms with Crippen LogP contribution in [0.2, 0.25) is 0 Å². The van der Waals surface area contributed by atoms with Gasteiger partial charge in [-0.25, -0.2) is 0 Å². The summed E-state index contributed by atoms with van der Waals surface area (Å²) in [5, 5.41) is 12.1. The monoisotopic (exact) mass is 528 g/mol. The van der Waals surface area contributed by atoms with Gasteiger partial charge in [-0.1, -0.05) is 32.0 Å². The van der Waals surface area contributed by atoms with Gasteiger partial charge < -0.3 is 24.2 Å². The second-order valence-corrected chi connectivity index (χ2v) is 11.8. The zero-order valence-electron chi connectivity index (χ0n) is 22.7. The van der Waals surface area contributed by atoms with Crippen LogP contribution in [0, 0.1) is 29.1 Å². The minimum absolute atomic E-state index is 0.0180. The van der Waals surface area contributed by atoms with Gasteiger partial charge in [0.15, 0.2) is 0 Å². The molecule has 9 atom stereocenters. The highest BCUT2D eigenvalue weighted by Gasteiger charge is 2.67. The summed E-state index contributed by atoms with van der Waals surface area (Å²) in [4.78, 5) is 41.8. The first-order valence-corrected chi connectivity index (χ1v) is 13.8. The Hall–Kier alpha value is -2.65. The number of benzene rings is 1. The molecule has 1 aromatic carbocycles. The normalized spacial score (nSPS) is 39.1. The molecule has 2 aliphatic heterocycles. The highest BCUT2D eigenvalue weighted by molar-refractivity contribution is 5.76. The maximum atomic E-state index is 13.2. The number of esters is 3. The Morgan fingerprint density at radius 2 is 1.71 bits per heavy atom. The van der Waals surface area contributed by atoms with Crippen molar-refractivity contribution in [1.82, 2.24) is 4.90 Å². The zero-order valence-corrected chi connectivity index (χ0v) is 22.7. The fourth-order valence-electron chi connectivity index (χ4n) is 7.89. The lowest BCUT2D eigenvalue weighted by molar-refractivity contribution is -0.165. The molecule has 9 nitrogen and oxygen atoms in total. The topological polar surface area (TPSA) is 106 Å². The molecule has 2 saturated carbocycles. The number of aliphatic hydroxyl groups excluding tert-OH is 1. The van der Waals surface area contributed by atoms with Crippen molar-refractivity contribution in [1.29, 1.82) is 0 Å². The van der Waals surface area contributed by atoms with Crippen LogP contribution in [0.1, 0.15) is 40.5 Å². The smallest absolute Gasteiger partial charge is 0.311 e. The number of fused-ring (bicyclic) bond motifs is 2. The highest BCUT2D eigenvalue weighted by atomic mass is 16.6. The summed E-state index contributed by atoms with van der Waals surface area (Å²) in [6.07, 6.45) is -1.60. The summed E-state index contributed by atoms with van der Waals surface area (Å²) in [5.74, 6) is -2.26. The first kappa shape index (κ1) is 26.9. The van der Waals surface area contributed by atoms with Crippen molar-refractivity contribution in [3.8, 4) is 0 Å². The number of hydrogen-bond acceptors (Lipinski definition) is 9. The molecule has 0 unspecified atom stereocenters. The van der Waals surface area contributed by atoms with E-state index in [9.17, 15) is 19.5 Å². The van der Waals surface area contributed by atoms with E-state index in [1.807, 2.05) is 25.1 Å². The van der Waals surface area contributed by atoms with Gasteiger partial charge in [-0.2, -0.15) is 0 Å². The SMILES string of the molecule is CC(=O)O[C@H]1C[C@H](OC(C)=O)[C@@]2(C)[C@@H]1[C@@H](C)C[C@H]1OC(=O)[C@@H](CN3CCN(c4ccccc4)CC3)[C@H]1[C@@H]2O. The third-order valence-electron chi connectivity index (χ3n) is 9.52. The number of carbonyl (C=O) groups excluding carboxylic acids is 3. The molecule has 0 bridgehead atoms. The first-order chi connectivity index (χ1) is 18.1. The van der Waals surface area contributed by atoms with Crippen molar-refractivity contribution >= 4 is 23.6 Å².